The highest BCUT2D eigenvalue weighted by Crippen LogP contribution is 2.12. The first kappa shape index (κ1) is 12.0. The van der Waals surface area contributed by atoms with Crippen molar-refractivity contribution in [2.45, 2.75) is 33.0 Å². The molecule has 0 heterocycles. The van der Waals surface area contributed by atoms with Gasteiger partial charge in [0.1, 0.15) is 18.6 Å². The highest BCUT2D eigenvalue weighted by molar-refractivity contribution is 5.27. The van der Waals surface area contributed by atoms with Gasteiger partial charge in [0, 0.05) is 6.04 Å². The number of hydrogen-bond acceptors (Lipinski definition) is 3. The topological polar surface area (TPSA) is 41.5 Å². The quantitative estimate of drug-likeness (QED) is 0.725. The Morgan fingerprint density at radius 2 is 2.13 bits per heavy atom. The van der Waals surface area contributed by atoms with Gasteiger partial charge in [0.25, 0.3) is 0 Å². The Labute approximate surface area is 91.1 Å². The SMILES string of the molecule is Cc1cccc(OCC(O)NC(C)C)c1. The zero-order valence-electron chi connectivity index (χ0n) is 9.53. The third-order valence-corrected chi connectivity index (χ3v) is 1.92. The molecule has 1 rings (SSSR count). The molecule has 0 radical (unpaired) electrons. The van der Waals surface area contributed by atoms with Gasteiger partial charge < -0.3 is 9.84 Å². The fourth-order valence-corrected chi connectivity index (χ4v) is 1.31. The van der Waals surface area contributed by atoms with Gasteiger partial charge in [-0.25, -0.2) is 0 Å². The standard InChI is InChI=1S/C12H19NO2/c1-9(2)13-12(14)8-15-11-6-4-5-10(3)7-11/h4-7,9,12-14H,8H2,1-3H3. The van der Waals surface area contributed by atoms with E-state index >= 15 is 0 Å². The van der Waals surface area contributed by atoms with E-state index in [9.17, 15) is 5.11 Å². The van der Waals surface area contributed by atoms with Crippen LogP contribution in [0.5, 0.6) is 5.75 Å². The van der Waals surface area contributed by atoms with Crippen molar-refractivity contribution in [1.82, 2.24) is 5.32 Å². The summed E-state index contributed by atoms with van der Waals surface area (Å²) in [5.74, 6) is 0.791. The number of ether oxygens (including phenoxy) is 1. The van der Waals surface area contributed by atoms with Gasteiger partial charge in [-0.15, -0.1) is 0 Å². The summed E-state index contributed by atoms with van der Waals surface area (Å²) in [7, 11) is 0. The number of aliphatic hydroxyl groups is 1. The Morgan fingerprint density at radius 1 is 1.40 bits per heavy atom. The third kappa shape index (κ3) is 4.81. The van der Waals surface area contributed by atoms with Crippen LogP contribution >= 0.6 is 0 Å². The molecule has 0 saturated carbocycles. The molecule has 0 aliphatic heterocycles. The van der Waals surface area contributed by atoms with Crippen LogP contribution in [0.1, 0.15) is 19.4 Å². The van der Waals surface area contributed by atoms with E-state index in [0.29, 0.717) is 0 Å². The average Bonchev–Trinajstić information content (AvgIpc) is 2.14. The van der Waals surface area contributed by atoms with Crippen LogP contribution in [-0.2, 0) is 0 Å². The second-order valence-electron chi connectivity index (χ2n) is 3.96. The van der Waals surface area contributed by atoms with Gasteiger partial charge in [-0.3, -0.25) is 5.32 Å². The van der Waals surface area contributed by atoms with Crippen molar-refractivity contribution in [3.8, 4) is 5.75 Å². The van der Waals surface area contributed by atoms with Crippen molar-refractivity contribution in [3.63, 3.8) is 0 Å². The second-order valence-corrected chi connectivity index (χ2v) is 3.96. The molecule has 0 aliphatic rings. The molecule has 84 valence electrons. The molecule has 1 aromatic rings. The Bertz CT molecular complexity index is 299. The summed E-state index contributed by atoms with van der Waals surface area (Å²) in [6.45, 7) is 6.24. The largest absolute Gasteiger partial charge is 0.489 e. The summed E-state index contributed by atoms with van der Waals surface area (Å²) < 4.78 is 5.44. The molecular formula is C12H19NO2. The zero-order chi connectivity index (χ0) is 11.3. The molecular weight excluding hydrogens is 190 g/mol. The van der Waals surface area contributed by atoms with Gasteiger partial charge in [-0.2, -0.15) is 0 Å². The van der Waals surface area contributed by atoms with Crippen LogP contribution in [0.2, 0.25) is 0 Å². The number of nitrogens with one attached hydrogen (secondary N) is 1. The molecule has 0 spiro atoms. The zero-order valence-corrected chi connectivity index (χ0v) is 9.53. The van der Waals surface area contributed by atoms with Crippen LogP contribution in [0.3, 0.4) is 0 Å². The van der Waals surface area contributed by atoms with E-state index in [2.05, 4.69) is 5.32 Å². The molecule has 0 amide bonds. The normalized spacial score (nSPS) is 12.9. The van der Waals surface area contributed by atoms with E-state index in [-0.39, 0.29) is 12.6 Å². The number of aryl methyl sites for hydroxylation is 1. The van der Waals surface area contributed by atoms with Crippen molar-refractivity contribution in [2.24, 2.45) is 0 Å². The smallest absolute Gasteiger partial charge is 0.139 e. The molecule has 0 bridgehead atoms. The Balaban J connectivity index is 2.36. The van der Waals surface area contributed by atoms with Crippen LogP contribution in [0, 0.1) is 6.92 Å². The van der Waals surface area contributed by atoms with Crippen LogP contribution in [0.4, 0.5) is 0 Å². The van der Waals surface area contributed by atoms with Gasteiger partial charge in [-0.05, 0) is 38.5 Å². The maximum Gasteiger partial charge on any atom is 0.139 e. The predicted molar refractivity (Wildman–Crippen MR) is 61.0 cm³/mol. The molecule has 3 nitrogen and oxygen atoms in total. The molecule has 15 heavy (non-hydrogen) atoms. The molecule has 0 aliphatic carbocycles. The maximum absolute atomic E-state index is 9.51. The van der Waals surface area contributed by atoms with E-state index in [1.54, 1.807) is 0 Å². The monoisotopic (exact) mass is 209 g/mol. The lowest BCUT2D eigenvalue weighted by molar-refractivity contribution is 0.0719. The molecule has 2 N–H and O–H groups in total. The van der Waals surface area contributed by atoms with E-state index in [1.807, 2.05) is 45.0 Å². The van der Waals surface area contributed by atoms with Crippen LogP contribution in [-0.4, -0.2) is 24.0 Å². The van der Waals surface area contributed by atoms with E-state index in [0.717, 1.165) is 11.3 Å². The minimum absolute atomic E-state index is 0.251. The summed E-state index contributed by atoms with van der Waals surface area (Å²) in [6.07, 6.45) is -0.620. The van der Waals surface area contributed by atoms with Crippen molar-refractivity contribution in [3.05, 3.63) is 29.8 Å². The van der Waals surface area contributed by atoms with Crippen molar-refractivity contribution in [1.29, 1.82) is 0 Å². The summed E-state index contributed by atoms with van der Waals surface area (Å²) >= 11 is 0. The number of rotatable bonds is 5. The van der Waals surface area contributed by atoms with E-state index in [4.69, 9.17) is 4.74 Å². The second kappa shape index (κ2) is 5.73. The molecule has 1 unspecified atom stereocenters. The molecule has 0 aromatic heterocycles. The number of aliphatic hydroxyl groups excluding tert-OH is 1. The minimum atomic E-state index is -0.620. The van der Waals surface area contributed by atoms with Crippen LogP contribution in [0.15, 0.2) is 24.3 Å². The summed E-state index contributed by atoms with van der Waals surface area (Å²) in [4.78, 5) is 0. The highest BCUT2D eigenvalue weighted by Gasteiger charge is 2.05. The molecule has 1 atom stereocenters. The molecule has 3 heteroatoms. The van der Waals surface area contributed by atoms with Crippen molar-refractivity contribution < 1.29 is 9.84 Å². The number of benzene rings is 1. The first-order valence-corrected chi connectivity index (χ1v) is 5.21. The Hall–Kier alpha value is -1.06. The number of hydrogen-bond donors (Lipinski definition) is 2. The summed E-state index contributed by atoms with van der Waals surface area (Å²) in [5, 5.41) is 12.5. The minimum Gasteiger partial charge on any atom is -0.489 e. The van der Waals surface area contributed by atoms with Gasteiger partial charge in [0.05, 0.1) is 0 Å². The fraction of sp³-hybridized carbons (Fsp3) is 0.500. The molecule has 0 saturated heterocycles. The summed E-state index contributed by atoms with van der Waals surface area (Å²) in [5.41, 5.74) is 1.15. The average molecular weight is 209 g/mol. The van der Waals surface area contributed by atoms with Crippen LogP contribution < -0.4 is 10.1 Å². The lowest BCUT2D eigenvalue weighted by Crippen LogP contribution is -2.38. The predicted octanol–water partition coefficient (Wildman–Crippen LogP) is 1.69. The molecule has 0 fully saturated rings. The first-order chi connectivity index (χ1) is 7.08. The van der Waals surface area contributed by atoms with Crippen molar-refractivity contribution in [2.75, 3.05) is 6.61 Å². The summed E-state index contributed by atoms with van der Waals surface area (Å²) in [6, 6.07) is 8.03. The van der Waals surface area contributed by atoms with Crippen molar-refractivity contribution >= 4 is 0 Å². The van der Waals surface area contributed by atoms with E-state index in [1.165, 1.54) is 0 Å². The van der Waals surface area contributed by atoms with E-state index < -0.39 is 6.23 Å². The van der Waals surface area contributed by atoms with Crippen LogP contribution in [0.25, 0.3) is 0 Å². The lowest BCUT2D eigenvalue weighted by Gasteiger charge is -2.16. The van der Waals surface area contributed by atoms with Gasteiger partial charge in [0.15, 0.2) is 0 Å². The highest BCUT2D eigenvalue weighted by atomic mass is 16.5. The lowest BCUT2D eigenvalue weighted by atomic mass is 10.2. The Morgan fingerprint density at radius 3 is 2.73 bits per heavy atom. The Kier molecular flexibility index (Phi) is 4.59. The fourth-order valence-electron chi connectivity index (χ4n) is 1.31. The van der Waals surface area contributed by atoms with Gasteiger partial charge in [0.2, 0.25) is 0 Å². The third-order valence-electron chi connectivity index (χ3n) is 1.92. The maximum atomic E-state index is 9.51. The van der Waals surface area contributed by atoms with Gasteiger partial charge >= 0.3 is 0 Å². The van der Waals surface area contributed by atoms with Gasteiger partial charge in [-0.1, -0.05) is 12.1 Å². The molecule has 1 aromatic carbocycles. The first-order valence-electron chi connectivity index (χ1n) is 5.21.